The molecule has 0 bridgehead atoms. The normalized spacial score (nSPS) is 11.3. The predicted octanol–water partition coefficient (Wildman–Crippen LogP) is 2.29. The fraction of sp³-hybridized carbons (Fsp3) is 0.182. The molecular weight excluding hydrogens is 334 g/mol. The van der Waals surface area contributed by atoms with Crippen molar-refractivity contribution in [2.75, 3.05) is 11.8 Å². The van der Waals surface area contributed by atoms with Gasteiger partial charge in [0.05, 0.1) is 16.5 Å². The molecule has 2 rings (SSSR count). The van der Waals surface area contributed by atoms with Gasteiger partial charge in [-0.05, 0) is 41.1 Å². The summed E-state index contributed by atoms with van der Waals surface area (Å²) in [4.78, 5) is 0.126. The molecule has 0 aliphatic rings. The quantitative estimate of drug-likeness (QED) is 0.890. The van der Waals surface area contributed by atoms with Gasteiger partial charge in [-0.25, -0.2) is 8.42 Å². The number of anilines is 1. The highest BCUT2D eigenvalue weighted by Gasteiger charge is 2.17. The van der Waals surface area contributed by atoms with Crippen molar-refractivity contribution in [2.45, 2.75) is 11.8 Å². The standard InChI is InChI=1S/C11H12BrN3O3S/c1-7-5-11(14-13-7)15-19(16,17)8-3-4-10(18-2)9(12)6-8/h3-6H,1-2H3,(H2,13,14,15). The van der Waals surface area contributed by atoms with E-state index in [0.717, 1.165) is 5.69 Å². The molecule has 0 radical (unpaired) electrons. The van der Waals surface area contributed by atoms with E-state index in [2.05, 4.69) is 30.8 Å². The number of hydrogen-bond donors (Lipinski definition) is 2. The van der Waals surface area contributed by atoms with Crippen molar-refractivity contribution < 1.29 is 13.2 Å². The molecule has 0 atom stereocenters. The van der Waals surface area contributed by atoms with Gasteiger partial charge < -0.3 is 4.74 Å². The van der Waals surface area contributed by atoms with Crippen molar-refractivity contribution in [2.24, 2.45) is 0 Å². The van der Waals surface area contributed by atoms with Crippen LogP contribution in [0.5, 0.6) is 5.75 Å². The number of nitrogens with zero attached hydrogens (tertiary/aromatic N) is 1. The van der Waals surface area contributed by atoms with Gasteiger partial charge in [0, 0.05) is 11.8 Å². The van der Waals surface area contributed by atoms with E-state index >= 15 is 0 Å². The van der Waals surface area contributed by atoms with Crippen LogP contribution in [0.2, 0.25) is 0 Å². The Balaban J connectivity index is 2.31. The smallest absolute Gasteiger partial charge is 0.263 e. The number of halogens is 1. The lowest BCUT2D eigenvalue weighted by molar-refractivity contribution is 0.411. The number of H-pyrrole nitrogens is 1. The highest BCUT2D eigenvalue weighted by molar-refractivity contribution is 9.10. The van der Waals surface area contributed by atoms with Crippen LogP contribution in [0.3, 0.4) is 0 Å². The Morgan fingerprint density at radius 3 is 2.63 bits per heavy atom. The van der Waals surface area contributed by atoms with Gasteiger partial charge in [-0.2, -0.15) is 5.10 Å². The largest absolute Gasteiger partial charge is 0.496 e. The van der Waals surface area contributed by atoms with E-state index in [9.17, 15) is 8.42 Å². The average Bonchev–Trinajstić information content (AvgIpc) is 2.73. The highest BCUT2D eigenvalue weighted by atomic mass is 79.9. The zero-order valence-corrected chi connectivity index (χ0v) is 12.7. The Bertz CT molecular complexity index is 697. The summed E-state index contributed by atoms with van der Waals surface area (Å²) in [6.07, 6.45) is 0. The maximum absolute atomic E-state index is 12.1. The lowest BCUT2D eigenvalue weighted by Crippen LogP contribution is -2.13. The maximum atomic E-state index is 12.1. The van der Waals surface area contributed by atoms with Crippen molar-refractivity contribution in [1.29, 1.82) is 0 Å². The fourth-order valence-electron chi connectivity index (χ4n) is 1.48. The first kappa shape index (κ1) is 13.9. The van der Waals surface area contributed by atoms with Gasteiger partial charge in [0.2, 0.25) is 0 Å². The van der Waals surface area contributed by atoms with Gasteiger partial charge in [-0.15, -0.1) is 0 Å². The first-order valence-corrected chi connectivity index (χ1v) is 7.58. The van der Waals surface area contributed by atoms with Crippen LogP contribution in [-0.2, 0) is 10.0 Å². The van der Waals surface area contributed by atoms with E-state index in [1.807, 2.05) is 0 Å². The fourth-order valence-corrected chi connectivity index (χ4v) is 3.19. The molecule has 19 heavy (non-hydrogen) atoms. The monoisotopic (exact) mass is 345 g/mol. The van der Waals surface area contributed by atoms with E-state index in [1.54, 1.807) is 19.1 Å². The molecule has 8 heteroatoms. The van der Waals surface area contributed by atoms with Gasteiger partial charge in [-0.1, -0.05) is 0 Å². The summed E-state index contributed by atoms with van der Waals surface area (Å²) in [6.45, 7) is 1.79. The maximum Gasteiger partial charge on any atom is 0.263 e. The van der Waals surface area contributed by atoms with Crippen LogP contribution in [0.4, 0.5) is 5.82 Å². The number of nitrogens with one attached hydrogen (secondary N) is 2. The topological polar surface area (TPSA) is 84.1 Å². The summed E-state index contributed by atoms with van der Waals surface area (Å²) in [5, 5.41) is 6.50. The zero-order chi connectivity index (χ0) is 14.0. The Morgan fingerprint density at radius 1 is 1.37 bits per heavy atom. The molecule has 102 valence electrons. The second kappa shape index (κ2) is 5.22. The van der Waals surface area contributed by atoms with Crippen molar-refractivity contribution >= 4 is 31.8 Å². The second-order valence-corrected chi connectivity index (χ2v) is 6.37. The number of methoxy groups -OCH3 is 1. The number of hydrogen-bond acceptors (Lipinski definition) is 4. The van der Waals surface area contributed by atoms with Gasteiger partial charge in [0.25, 0.3) is 10.0 Å². The van der Waals surface area contributed by atoms with Crippen LogP contribution < -0.4 is 9.46 Å². The first-order chi connectivity index (χ1) is 8.92. The lowest BCUT2D eigenvalue weighted by Gasteiger charge is -2.08. The lowest BCUT2D eigenvalue weighted by atomic mass is 10.3. The number of rotatable bonds is 4. The van der Waals surface area contributed by atoms with E-state index in [0.29, 0.717) is 10.2 Å². The van der Waals surface area contributed by atoms with Crippen LogP contribution in [-0.4, -0.2) is 25.7 Å². The molecule has 2 aromatic rings. The van der Waals surface area contributed by atoms with E-state index in [4.69, 9.17) is 4.74 Å². The molecule has 0 saturated carbocycles. The Kier molecular flexibility index (Phi) is 3.81. The molecule has 0 aliphatic carbocycles. The third-order valence-corrected chi connectivity index (χ3v) is 4.35. The first-order valence-electron chi connectivity index (χ1n) is 5.31. The Labute approximate surface area is 119 Å². The minimum absolute atomic E-state index is 0.126. The zero-order valence-electron chi connectivity index (χ0n) is 10.3. The van der Waals surface area contributed by atoms with E-state index < -0.39 is 10.0 Å². The van der Waals surface area contributed by atoms with Crippen LogP contribution in [0.15, 0.2) is 33.6 Å². The predicted molar refractivity (Wildman–Crippen MR) is 74.8 cm³/mol. The van der Waals surface area contributed by atoms with E-state index in [1.165, 1.54) is 19.2 Å². The molecule has 2 N–H and O–H groups in total. The SMILES string of the molecule is COc1ccc(S(=O)(=O)Nc2cc(C)[nH]n2)cc1Br. The van der Waals surface area contributed by atoms with Gasteiger partial charge in [0.1, 0.15) is 5.75 Å². The third kappa shape index (κ3) is 3.07. The molecule has 0 unspecified atom stereocenters. The summed E-state index contributed by atoms with van der Waals surface area (Å²) < 4.78 is 32.3. The van der Waals surface area contributed by atoms with Gasteiger partial charge in [-0.3, -0.25) is 9.82 Å². The van der Waals surface area contributed by atoms with Crippen LogP contribution in [0.25, 0.3) is 0 Å². The number of aromatic nitrogens is 2. The highest BCUT2D eigenvalue weighted by Crippen LogP contribution is 2.28. The summed E-state index contributed by atoms with van der Waals surface area (Å²) in [5.41, 5.74) is 0.772. The van der Waals surface area contributed by atoms with Crippen molar-refractivity contribution in [3.8, 4) is 5.75 Å². The molecule has 0 spiro atoms. The molecule has 0 amide bonds. The molecule has 0 fully saturated rings. The second-order valence-electron chi connectivity index (χ2n) is 3.84. The Hall–Kier alpha value is -1.54. The molecule has 1 aromatic carbocycles. The van der Waals surface area contributed by atoms with Crippen molar-refractivity contribution in [3.63, 3.8) is 0 Å². The Morgan fingerprint density at radius 2 is 2.11 bits per heavy atom. The van der Waals surface area contributed by atoms with Gasteiger partial charge >= 0.3 is 0 Å². The number of aromatic amines is 1. The number of ether oxygens (including phenoxy) is 1. The van der Waals surface area contributed by atoms with Crippen molar-refractivity contribution in [1.82, 2.24) is 10.2 Å². The molecule has 0 aliphatic heterocycles. The third-order valence-electron chi connectivity index (χ3n) is 2.38. The molecule has 6 nitrogen and oxygen atoms in total. The van der Waals surface area contributed by atoms with Gasteiger partial charge in [0.15, 0.2) is 5.82 Å². The molecule has 0 saturated heterocycles. The van der Waals surface area contributed by atoms with Crippen LogP contribution >= 0.6 is 15.9 Å². The number of sulfonamides is 1. The molecule has 1 aromatic heterocycles. The summed E-state index contributed by atoms with van der Waals surface area (Å²) in [5.74, 6) is 0.819. The summed E-state index contributed by atoms with van der Waals surface area (Å²) in [7, 11) is -2.15. The molecular formula is C11H12BrN3O3S. The number of benzene rings is 1. The van der Waals surface area contributed by atoms with Crippen LogP contribution in [0.1, 0.15) is 5.69 Å². The van der Waals surface area contributed by atoms with Crippen molar-refractivity contribution in [3.05, 3.63) is 34.4 Å². The minimum Gasteiger partial charge on any atom is -0.496 e. The molecule has 1 heterocycles. The summed E-state index contributed by atoms with van der Waals surface area (Å²) >= 11 is 3.25. The van der Waals surface area contributed by atoms with E-state index in [-0.39, 0.29) is 10.7 Å². The summed E-state index contributed by atoms with van der Waals surface area (Å²) in [6, 6.07) is 6.12. The minimum atomic E-state index is -3.67. The number of aryl methyl sites for hydroxylation is 1. The average molecular weight is 346 g/mol. The van der Waals surface area contributed by atoms with Crippen LogP contribution in [0, 0.1) is 6.92 Å².